The summed E-state index contributed by atoms with van der Waals surface area (Å²) in [6.45, 7) is 6.71. The predicted octanol–water partition coefficient (Wildman–Crippen LogP) is 4.19. The Morgan fingerprint density at radius 1 is 1.50 bits per heavy atom. The van der Waals surface area contributed by atoms with Crippen molar-refractivity contribution in [3.63, 3.8) is 0 Å². The highest BCUT2D eigenvalue weighted by Crippen LogP contribution is 2.48. The van der Waals surface area contributed by atoms with E-state index in [-0.39, 0.29) is 11.3 Å². The number of ether oxygens (including phenoxy) is 1. The number of pyridine rings is 1. The second kappa shape index (κ2) is 7.48. The van der Waals surface area contributed by atoms with Gasteiger partial charge in [0.15, 0.2) is 0 Å². The van der Waals surface area contributed by atoms with Crippen LogP contribution in [0.25, 0.3) is 0 Å². The number of thioether (sulfide) groups is 1. The summed E-state index contributed by atoms with van der Waals surface area (Å²) in [4.78, 5) is 19.1. The quantitative estimate of drug-likeness (QED) is 0.778. The maximum absolute atomic E-state index is 12.0. The fourth-order valence-electron chi connectivity index (χ4n) is 2.63. The summed E-state index contributed by atoms with van der Waals surface area (Å²) < 4.78 is 7.21. The minimum absolute atomic E-state index is 0.273. The zero-order valence-electron chi connectivity index (χ0n) is 15.4. The minimum Gasteiger partial charge on any atom is -0.444 e. The molecular weight excluding hydrogens is 372 g/mol. The molecule has 3 rings (SSSR count). The summed E-state index contributed by atoms with van der Waals surface area (Å²) >= 11 is 7.99. The number of carbonyl (C=O) groups is 1. The molecule has 0 spiro atoms. The van der Waals surface area contributed by atoms with Crippen LogP contribution in [-0.4, -0.2) is 45.0 Å². The third-order valence-electron chi connectivity index (χ3n) is 3.96. The first-order valence-corrected chi connectivity index (χ1v) is 9.75. The van der Waals surface area contributed by atoms with Gasteiger partial charge in [-0.2, -0.15) is 5.10 Å². The van der Waals surface area contributed by atoms with Gasteiger partial charge < -0.3 is 9.64 Å². The number of halogens is 1. The van der Waals surface area contributed by atoms with Gasteiger partial charge in [0.25, 0.3) is 0 Å². The topological polar surface area (TPSA) is 60.2 Å². The number of hydrogen-bond acceptors (Lipinski definition) is 5. The second-order valence-electron chi connectivity index (χ2n) is 7.32. The van der Waals surface area contributed by atoms with E-state index in [2.05, 4.69) is 10.1 Å². The Labute approximate surface area is 162 Å². The van der Waals surface area contributed by atoms with Gasteiger partial charge in [0.2, 0.25) is 0 Å². The van der Waals surface area contributed by atoms with Gasteiger partial charge in [-0.15, -0.1) is 11.8 Å². The van der Waals surface area contributed by atoms with Crippen molar-refractivity contribution in [1.29, 1.82) is 0 Å². The maximum Gasteiger partial charge on any atom is 0.410 e. The molecule has 0 radical (unpaired) electrons. The van der Waals surface area contributed by atoms with Crippen LogP contribution in [0.15, 0.2) is 29.6 Å². The molecule has 0 bridgehead atoms. The predicted molar refractivity (Wildman–Crippen MR) is 103 cm³/mol. The van der Waals surface area contributed by atoms with Gasteiger partial charge in [-0.05, 0) is 26.8 Å². The molecule has 26 heavy (non-hydrogen) atoms. The third-order valence-corrected chi connectivity index (χ3v) is 5.81. The number of rotatable bonds is 4. The van der Waals surface area contributed by atoms with Crippen LogP contribution >= 0.6 is 23.4 Å². The molecule has 6 nitrogen and oxygen atoms in total. The largest absolute Gasteiger partial charge is 0.444 e. The molecule has 1 aliphatic heterocycles. The molecule has 0 aliphatic carbocycles. The molecule has 1 aliphatic rings. The van der Waals surface area contributed by atoms with Crippen molar-refractivity contribution in [2.45, 2.75) is 49.5 Å². The summed E-state index contributed by atoms with van der Waals surface area (Å²) in [5.41, 5.74) is 1.70. The average molecular weight is 395 g/mol. The van der Waals surface area contributed by atoms with Crippen LogP contribution in [0.5, 0.6) is 0 Å². The van der Waals surface area contributed by atoms with E-state index in [1.807, 2.05) is 43.9 Å². The van der Waals surface area contributed by atoms with Gasteiger partial charge >= 0.3 is 6.09 Å². The number of carbonyl (C=O) groups excluding carboxylic acids is 1. The SMILES string of the molecule is CN(CCn1cc(C2Cc3nccc(Cl)c3S2)cn1)C(=O)OC(C)(C)C. The molecular formula is C18H23ClN4O2S. The van der Waals surface area contributed by atoms with E-state index in [9.17, 15) is 4.79 Å². The van der Waals surface area contributed by atoms with Crippen molar-refractivity contribution in [3.8, 4) is 0 Å². The summed E-state index contributed by atoms with van der Waals surface area (Å²) in [5, 5.41) is 5.45. The Hall–Kier alpha value is -1.73. The number of fused-ring (bicyclic) bond motifs is 1. The monoisotopic (exact) mass is 394 g/mol. The lowest BCUT2D eigenvalue weighted by molar-refractivity contribution is 0.0292. The molecule has 1 unspecified atom stereocenters. The van der Waals surface area contributed by atoms with Crippen molar-refractivity contribution in [2.75, 3.05) is 13.6 Å². The van der Waals surface area contributed by atoms with E-state index in [4.69, 9.17) is 16.3 Å². The fourth-order valence-corrected chi connectivity index (χ4v) is 4.17. The van der Waals surface area contributed by atoms with E-state index in [0.29, 0.717) is 13.1 Å². The summed E-state index contributed by atoms with van der Waals surface area (Å²) in [6.07, 6.45) is 6.18. The van der Waals surface area contributed by atoms with Crippen molar-refractivity contribution in [3.05, 3.63) is 40.9 Å². The lowest BCUT2D eigenvalue weighted by atomic mass is 10.1. The zero-order valence-corrected chi connectivity index (χ0v) is 17.0. The molecule has 0 N–H and O–H groups in total. The Balaban J connectivity index is 1.56. The summed E-state index contributed by atoms with van der Waals surface area (Å²) in [5.74, 6) is 0. The smallest absolute Gasteiger partial charge is 0.410 e. The van der Waals surface area contributed by atoms with Crippen LogP contribution in [0.1, 0.15) is 37.3 Å². The molecule has 0 fully saturated rings. The van der Waals surface area contributed by atoms with Crippen LogP contribution < -0.4 is 0 Å². The summed E-state index contributed by atoms with van der Waals surface area (Å²) in [6, 6.07) is 1.83. The fraction of sp³-hybridized carbons (Fsp3) is 0.500. The van der Waals surface area contributed by atoms with E-state index >= 15 is 0 Å². The Kier molecular flexibility index (Phi) is 5.48. The van der Waals surface area contributed by atoms with E-state index in [1.54, 1.807) is 29.9 Å². The molecule has 1 amide bonds. The molecule has 140 valence electrons. The highest BCUT2D eigenvalue weighted by Gasteiger charge is 2.27. The molecule has 0 saturated heterocycles. The van der Waals surface area contributed by atoms with Crippen molar-refractivity contribution < 1.29 is 9.53 Å². The first-order valence-electron chi connectivity index (χ1n) is 8.49. The van der Waals surface area contributed by atoms with Gasteiger partial charge in [-0.1, -0.05) is 11.6 Å². The number of likely N-dealkylation sites (N-methyl/N-ethyl adjacent to an activating group) is 1. The van der Waals surface area contributed by atoms with Gasteiger partial charge in [-0.3, -0.25) is 9.67 Å². The highest BCUT2D eigenvalue weighted by molar-refractivity contribution is 8.00. The number of hydrogen-bond donors (Lipinski definition) is 0. The van der Waals surface area contributed by atoms with E-state index in [1.165, 1.54) is 0 Å². The molecule has 1 atom stereocenters. The summed E-state index contributed by atoms with van der Waals surface area (Å²) in [7, 11) is 1.73. The molecule has 2 aromatic heterocycles. The molecule has 2 aromatic rings. The Morgan fingerprint density at radius 3 is 2.96 bits per heavy atom. The van der Waals surface area contributed by atoms with Crippen LogP contribution in [-0.2, 0) is 17.7 Å². The molecule has 8 heteroatoms. The minimum atomic E-state index is -0.492. The zero-order chi connectivity index (χ0) is 18.9. The van der Waals surface area contributed by atoms with Gasteiger partial charge in [0.05, 0.1) is 23.5 Å². The average Bonchev–Trinajstić information content (AvgIpc) is 3.18. The highest BCUT2D eigenvalue weighted by atomic mass is 35.5. The van der Waals surface area contributed by atoms with Crippen LogP contribution in [0.2, 0.25) is 5.02 Å². The standard InChI is InChI=1S/C18H23ClN4O2S/c1-18(2,3)25-17(24)22(4)7-8-23-11-12(10-21-23)15-9-14-16(26-15)13(19)5-6-20-14/h5-6,10-11,15H,7-9H2,1-4H3. The van der Waals surface area contributed by atoms with Gasteiger partial charge in [0, 0.05) is 48.1 Å². The van der Waals surface area contributed by atoms with Crippen molar-refractivity contribution in [2.24, 2.45) is 0 Å². The number of amides is 1. The number of aromatic nitrogens is 3. The van der Waals surface area contributed by atoms with Gasteiger partial charge in [-0.25, -0.2) is 4.79 Å². The van der Waals surface area contributed by atoms with Crippen LogP contribution in [0.4, 0.5) is 4.79 Å². The lowest BCUT2D eigenvalue weighted by Crippen LogP contribution is -2.36. The first-order chi connectivity index (χ1) is 12.2. The Bertz CT molecular complexity index is 803. The second-order valence-corrected chi connectivity index (χ2v) is 8.94. The van der Waals surface area contributed by atoms with E-state index in [0.717, 1.165) is 27.6 Å². The van der Waals surface area contributed by atoms with Crippen LogP contribution in [0.3, 0.4) is 0 Å². The molecule has 3 heterocycles. The lowest BCUT2D eigenvalue weighted by Gasteiger charge is -2.24. The molecule has 0 saturated carbocycles. The van der Waals surface area contributed by atoms with Crippen molar-refractivity contribution in [1.82, 2.24) is 19.7 Å². The van der Waals surface area contributed by atoms with Crippen LogP contribution in [0, 0.1) is 0 Å². The first kappa shape index (κ1) is 19.0. The molecule has 0 aromatic carbocycles. The number of nitrogens with zero attached hydrogens (tertiary/aromatic N) is 4. The normalized spacial score (nSPS) is 16.4. The van der Waals surface area contributed by atoms with E-state index < -0.39 is 5.60 Å². The maximum atomic E-state index is 12.0. The third kappa shape index (κ3) is 4.51. The Morgan fingerprint density at radius 2 is 2.27 bits per heavy atom. The van der Waals surface area contributed by atoms with Crippen molar-refractivity contribution >= 4 is 29.5 Å². The van der Waals surface area contributed by atoms with Gasteiger partial charge in [0.1, 0.15) is 5.60 Å².